The van der Waals surface area contributed by atoms with Crippen molar-refractivity contribution in [3.05, 3.63) is 35.4 Å². The molecule has 25 heavy (non-hydrogen) atoms. The summed E-state index contributed by atoms with van der Waals surface area (Å²) in [6, 6.07) is 9.47. The van der Waals surface area contributed by atoms with Gasteiger partial charge >= 0.3 is 0 Å². The van der Waals surface area contributed by atoms with Crippen molar-refractivity contribution >= 4 is 0 Å². The van der Waals surface area contributed by atoms with Crippen LogP contribution in [0.15, 0.2) is 24.3 Å². The first-order valence-corrected chi connectivity index (χ1v) is 10.7. The van der Waals surface area contributed by atoms with Gasteiger partial charge in [0.1, 0.15) is 0 Å². The molecule has 0 bridgehead atoms. The number of aliphatic hydroxyl groups excluding tert-OH is 1. The topological polar surface area (TPSA) is 23.5 Å². The van der Waals surface area contributed by atoms with E-state index in [0.29, 0.717) is 17.9 Å². The lowest BCUT2D eigenvalue weighted by molar-refractivity contribution is 0.0244. The minimum absolute atomic E-state index is 0.221. The maximum absolute atomic E-state index is 11.0. The highest BCUT2D eigenvalue weighted by Gasteiger charge is 2.33. The molecule has 1 saturated carbocycles. The van der Waals surface area contributed by atoms with Crippen LogP contribution < -0.4 is 0 Å². The number of hydrogen-bond donors (Lipinski definition) is 1. The molecule has 2 unspecified atom stereocenters. The van der Waals surface area contributed by atoms with Crippen LogP contribution in [0.25, 0.3) is 0 Å². The molecule has 0 amide bonds. The minimum Gasteiger partial charge on any atom is -0.391 e. The van der Waals surface area contributed by atoms with E-state index in [9.17, 15) is 5.11 Å². The molecule has 1 N–H and O–H groups in total. The number of benzene rings is 1. The van der Waals surface area contributed by atoms with Crippen molar-refractivity contribution in [3.63, 3.8) is 0 Å². The predicted octanol–water partition coefficient (Wildman–Crippen LogP) is 5.46. The Balaban J connectivity index is 1.66. The number of hydrogen-bond acceptors (Lipinski definition) is 2. The summed E-state index contributed by atoms with van der Waals surface area (Å²) in [6.07, 6.45) is 11.9. The van der Waals surface area contributed by atoms with Crippen molar-refractivity contribution in [1.29, 1.82) is 0 Å². The number of piperidine rings is 1. The molecule has 1 aromatic rings. The molecule has 3 rings (SSSR count). The van der Waals surface area contributed by atoms with Crippen molar-refractivity contribution in [2.75, 3.05) is 13.1 Å². The first-order chi connectivity index (χ1) is 12.2. The van der Waals surface area contributed by atoms with Gasteiger partial charge in [0, 0.05) is 18.5 Å². The molecule has 2 fully saturated rings. The smallest absolute Gasteiger partial charge is 0.0736 e. The molecule has 1 aliphatic heterocycles. The third-order valence-corrected chi connectivity index (χ3v) is 6.47. The zero-order valence-corrected chi connectivity index (χ0v) is 16.3. The Labute approximate surface area is 154 Å². The summed E-state index contributed by atoms with van der Waals surface area (Å²) in [6.45, 7) is 6.54. The highest BCUT2D eigenvalue weighted by atomic mass is 16.3. The van der Waals surface area contributed by atoms with E-state index in [0.717, 1.165) is 19.5 Å². The molecular formula is C23H37NO. The molecule has 1 aromatic carbocycles. The van der Waals surface area contributed by atoms with Gasteiger partial charge in [-0.25, -0.2) is 0 Å². The molecule has 2 heteroatoms. The molecule has 140 valence electrons. The summed E-state index contributed by atoms with van der Waals surface area (Å²) in [5.74, 6) is 0.835. The Bertz CT molecular complexity index is 517. The van der Waals surface area contributed by atoms with E-state index in [1.807, 2.05) is 0 Å². The van der Waals surface area contributed by atoms with Crippen molar-refractivity contribution < 1.29 is 5.11 Å². The fourth-order valence-corrected chi connectivity index (χ4v) is 5.00. The first kappa shape index (κ1) is 18.9. The van der Waals surface area contributed by atoms with Crippen molar-refractivity contribution in [1.82, 2.24) is 4.90 Å². The van der Waals surface area contributed by atoms with E-state index in [1.165, 1.54) is 62.5 Å². The van der Waals surface area contributed by atoms with Gasteiger partial charge < -0.3 is 5.11 Å². The number of likely N-dealkylation sites (tertiary alicyclic amines) is 1. The molecular weight excluding hydrogens is 306 g/mol. The average Bonchev–Trinajstić information content (AvgIpc) is 2.75. The van der Waals surface area contributed by atoms with Gasteiger partial charge in [-0.05, 0) is 42.9 Å². The largest absolute Gasteiger partial charge is 0.391 e. The van der Waals surface area contributed by atoms with E-state index in [1.54, 1.807) is 0 Å². The number of nitrogens with zero attached hydrogens (tertiary/aromatic N) is 1. The van der Waals surface area contributed by atoms with Gasteiger partial charge in [0.25, 0.3) is 0 Å². The lowest BCUT2D eigenvalue weighted by atomic mass is 9.81. The number of β-amino-alcohol motifs (C(OH)–C–C–N with tert-alkyl or cyclic N) is 1. The van der Waals surface area contributed by atoms with E-state index < -0.39 is 0 Å². The molecule has 2 aliphatic rings. The normalized spacial score (nSPS) is 27.7. The predicted molar refractivity (Wildman–Crippen MR) is 106 cm³/mol. The summed E-state index contributed by atoms with van der Waals surface area (Å²) in [7, 11) is 0. The fourth-order valence-electron chi connectivity index (χ4n) is 5.00. The second-order valence-electron chi connectivity index (χ2n) is 8.59. The van der Waals surface area contributed by atoms with Gasteiger partial charge in [-0.3, -0.25) is 4.90 Å². The SMILES string of the molecule is CC(C)c1ccccc1C1CCN(C2CCCCCCCC2)CC1O. The Morgan fingerprint density at radius 3 is 2.20 bits per heavy atom. The van der Waals surface area contributed by atoms with Crippen LogP contribution in [0.5, 0.6) is 0 Å². The van der Waals surface area contributed by atoms with Gasteiger partial charge in [0.05, 0.1) is 6.10 Å². The molecule has 1 heterocycles. The van der Waals surface area contributed by atoms with Crippen LogP contribution in [-0.4, -0.2) is 35.2 Å². The minimum atomic E-state index is -0.221. The highest BCUT2D eigenvalue weighted by Crippen LogP contribution is 2.35. The first-order valence-electron chi connectivity index (χ1n) is 10.7. The maximum atomic E-state index is 11.0. The van der Waals surface area contributed by atoms with Crippen LogP contribution >= 0.6 is 0 Å². The summed E-state index contributed by atoms with van der Waals surface area (Å²) in [5, 5.41) is 11.0. The summed E-state index contributed by atoms with van der Waals surface area (Å²) in [5.41, 5.74) is 2.81. The molecule has 0 aromatic heterocycles. The molecule has 2 nitrogen and oxygen atoms in total. The summed E-state index contributed by atoms with van der Waals surface area (Å²) < 4.78 is 0. The Kier molecular flexibility index (Phi) is 6.95. The van der Waals surface area contributed by atoms with Crippen molar-refractivity contribution in [2.24, 2.45) is 0 Å². The van der Waals surface area contributed by atoms with E-state index in [4.69, 9.17) is 0 Å². The van der Waals surface area contributed by atoms with Crippen LogP contribution in [0.2, 0.25) is 0 Å². The van der Waals surface area contributed by atoms with Crippen LogP contribution in [0.1, 0.15) is 94.6 Å². The molecule has 0 spiro atoms. The third-order valence-electron chi connectivity index (χ3n) is 6.47. The third kappa shape index (κ3) is 4.86. The average molecular weight is 344 g/mol. The Morgan fingerprint density at radius 1 is 0.920 bits per heavy atom. The molecule has 0 radical (unpaired) electrons. The molecule has 2 atom stereocenters. The molecule has 1 saturated heterocycles. The lowest BCUT2D eigenvalue weighted by Crippen LogP contribution is -2.47. The zero-order chi connectivity index (χ0) is 17.6. The monoisotopic (exact) mass is 343 g/mol. The Morgan fingerprint density at radius 2 is 1.56 bits per heavy atom. The second kappa shape index (κ2) is 9.19. The van der Waals surface area contributed by atoms with Gasteiger partial charge in [-0.2, -0.15) is 0 Å². The van der Waals surface area contributed by atoms with E-state index >= 15 is 0 Å². The molecule has 1 aliphatic carbocycles. The summed E-state index contributed by atoms with van der Waals surface area (Å²) >= 11 is 0. The standard InChI is InChI=1S/C23H37NO/c1-18(2)20-13-9-10-14-21(20)22-15-16-24(17-23(22)25)19-11-7-5-3-4-6-8-12-19/h9-10,13-14,18-19,22-23,25H,3-8,11-12,15-17H2,1-2H3. The fraction of sp³-hybridized carbons (Fsp3) is 0.739. The van der Waals surface area contributed by atoms with E-state index in [2.05, 4.69) is 43.0 Å². The van der Waals surface area contributed by atoms with Crippen LogP contribution in [0.4, 0.5) is 0 Å². The quantitative estimate of drug-likeness (QED) is 0.787. The van der Waals surface area contributed by atoms with Gasteiger partial charge in [0.2, 0.25) is 0 Å². The second-order valence-corrected chi connectivity index (χ2v) is 8.59. The van der Waals surface area contributed by atoms with Crippen LogP contribution in [-0.2, 0) is 0 Å². The summed E-state index contributed by atoms with van der Waals surface area (Å²) in [4.78, 5) is 2.62. The number of aliphatic hydroxyl groups is 1. The van der Waals surface area contributed by atoms with Gasteiger partial charge in [-0.1, -0.05) is 76.6 Å². The van der Waals surface area contributed by atoms with Gasteiger partial charge in [-0.15, -0.1) is 0 Å². The maximum Gasteiger partial charge on any atom is 0.0736 e. The van der Waals surface area contributed by atoms with Crippen LogP contribution in [0, 0.1) is 0 Å². The van der Waals surface area contributed by atoms with Crippen molar-refractivity contribution in [3.8, 4) is 0 Å². The number of rotatable bonds is 3. The van der Waals surface area contributed by atoms with Gasteiger partial charge in [0.15, 0.2) is 0 Å². The lowest BCUT2D eigenvalue weighted by Gasteiger charge is -2.41. The zero-order valence-electron chi connectivity index (χ0n) is 16.3. The highest BCUT2D eigenvalue weighted by molar-refractivity contribution is 5.34. The van der Waals surface area contributed by atoms with Crippen molar-refractivity contribution in [2.45, 2.75) is 95.6 Å². The van der Waals surface area contributed by atoms with Crippen LogP contribution in [0.3, 0.4) is 0 Å². The Hall–Kier alpha value is -0.860. The van der Waals surface area contributed by atoms with E-state index in [-0.39, 0.29) is 6.10 Å².